The van der Waals surface area contributed by atoms with Crippen LogP contribution in [0.1, 0.15) is 25.7 Å². The van der Waals surface area contributed by atoms with Crippen LogP contribution in [-0.4, -0.2) is 26.2 Å². The van der Waals surface area contributed by atoms with Crippen molar-refractivity contribution in [1.82, 2.24) is 5.32 Å². The average molecular weight is 297 g/mol. The Bertz CT molecular complexity index is 342. The molecule has 1 fully saturated rings. The van der Waals surface area contributed by atoms with Gasteiger partial charge in [-0.25, -0.2) is 0 Å². The molecule has 94 valence electrons. The van der Waals surface area contributed by atoms with E-state index in [1.165, 1.54) is 31.4 Å². The molecule has 1 aromatic carbocycles. The van der Waals surface area contributed by atoms with Crippen molar-refractivity contribution in [3.05, 3.63) is 28.7 Å². The highest BCUT2D eigenvalue weighted by Gasteiger charge is 2.23. The Balaban J connectivity index is 1.96. The van der Waals surface area contributed by atoms with Crippen LogP contribution >= 0.6 is 15.9 Å². The van der Waals surface area contributed by atoms with E-state index in [4.69, 9.17) is 0 Å². The first-order valence-corrected chi connectivity index (χ1v) is 7.15. The zero-order valence-corrected chi connectivity index (χ0v) is 12.2. The second kappa shape index (κ2) is 5.87. The third-order valence-electron chi connectivity index (χ3n) is 3.89. The number of hydrogen-bond acceptors (Lipinski definition) is 2. The predicted molar refractivity (Wildman–Crippen MR) is 77.6 cm³/mol. The van der Waals surface area contributed by atoms with Crippen molar-refractivity contribution < 1.29 is 0 Å². The van der Waals surface area contributed by atoms with Crippen LogP contribution in [0.25, 0.3) is 0 Å². The van der Waals surface area contributed by atoms with E-state index >= 15 is 0 Å². The minimum atomic E-state index is 0.695. The molecule has 1 saturated carbocycles. The quantitative estimate of drug-likeness (QED) is 0.919. The van der Waals surface area contributed by atoms with Gasteiger partial charge in [-0.05, 0) is 57.0 Å². The van der Waals surface area contributed by atoms with E-state index in [-0.39, 0.29) is 0 Å². The third kappa shape index (κ3) is 3.23. The summed E-state index contributed by atoms with van der Waals surface area (Å²) in [5.74, 6) is 0. The molecule has 0 spiro atoms. The van der Waals surface area contributed by atoms with Crippen LogP contribution in [0.2, 0.25) is 0 Å². The summed E-state index contributed by atoms with van der Waals surface area (Å²) in [7, 11) is 4.29. The SMILES string of the molecule is CNC1CCC(N(C)c2ccc(Br)cc2)CC1. The van der Waals surface area contributed by atoms with Gasteiger partial charge in [0.15, 0.2) is 0 Å². The van der Waals surface area contributed by atoms with Gasteiger partial charge in [0.2, 0.25) is 0 Å². The number of benzene rings is 1. The molecule has 0 saturated heterocycles. The van der Waals surface area contributed by atoms with Gasteiger partial charge in [0.05, 0.1) is 0 Å². The number of hydrogen-bond donors (Lipinski definition) is 1. The number of rotatable bonds is 3. The minimum absolute atomic E-state index is 0.695. The van der Waals surface area contributed by atoms with E-state index in [0.29, 0.717) is 6.04 Å². The van der Waals surface area contributed by atoms with E-state index in [1.54, 1.807) is 0 Å². The van der Waals surface area contributed by atoms with E-state index in [9.17, 15) is 0 Å². The average Bonchev–Trinajstić information content (AvgIpc) is 2.39. The second-order valence-electron chi connectivity index (χ2n) is 4.88. The van der Waals surface area contributed by atoms with Crippen molar-refractivity contribution in [1.29, 1.82) is 0 Å². The Morgan fingerprint density at radius 3 is 2.24 bits per heavy atom. The fourth-order valence-corrected chi connectivity index (χ4v) is 2.90. The van der Waals surface area contributed by atoms with Crippen LogP contribution in [0.4, 0.5) is 5.69 Å². The molecular weight excluding hydrogens is 276 g/mol. The van der Waals surface area contributed by atoms with Gasteiger partial charge in [-0.2, -0.15) is 0 Å². The van der Waals surface area contributed by atoms with E-state index in [0.717, 1.165) is 10.5 Å². The molecule has 0 amide bonds. The molecule has 3 heteroatoms. The van der Waals surface area contributed by atoms with Gasteiger partial charge >= 0.3 is 0 Å². The second-order valence-corrected chi connectivity index (χ2v) is 5.80. The highest BCUT2D eigenvalue weighted by Crippen LogP contribution is 2.27. The summed E-state index contributed by atoms with van der Waals surface area (Å²) < 4.78 is 1.15. The molecule has 17 heavy (non-hydrogen) atoms. The Labute approximate surface area is 113 Å². The molecule has 1 aromatic rings. The maximum Gasteiger partial charge on any atom is 0.0366 e. The summed E-state index contributed by atoms with van der Waals surface area (Å²) in [6, 6.07) is 10.0. The lowest BCUT2D eigenvalue weighted by atomic mass is 9.90. The number of halogens is 1. The van der Waals surface area contributed by atoms with Gasteiger partial charge in [-0.3, -0.25) is 0 Å². The largest absolute Gasteiger partial charge is 0.372 e. The third-order valence-corrected chi connectivity index (χ3v) is 4.42. The summed E-state index contributed by atoms with van der Waals surface area (Å²) >= 11 is 3.48. The molecule has 1 N–H and O–H groups in total. The van der Waals surface area contributed by atoms with Crippen molar-refractivity contribution in [2.75, 3.05) is 19.0 Å². The fourth-order valence-electron chi connectivity index (χ4n) is 2.64. The normalized spacial score (nSPS) is 24.6. The molecule has 0 radical (unpaired) electrons. The molecule has 0 aliphatic heterocycles. The number of nitrogens with zero attached hydrogens (tertiary/aromatic N) is 1. The molecule has 0 heterocycles. The maximum absolute atomic E-state index is 3.48. The van der Waals surface area contributed by atoms with Crippen LogP contribution < -0.4 is 10.2 Å². The van der Waals surface area contributed by atoms with Gasteiger partial charge in [0, 0.05) is 29.3 Å². The number of nitrogens with one attached hydrogen (secondary N) is 1. The molecule has 0 atom stereocenters. The van der Waals surface area contributed by atoms with Crippen molar-refractivity contribution in [3.63, 3.8) is 0 Å². The van der Waals surface area contributed by atoms with E-state index in [1.807, 2.05) is 0 Å². The Hall–Kier alpha value is -0.540. The van der Waals surface area contributed by atoms with Crippen molar-refractivity contribution in [2.24, 2.45) is 0 Å². The molecule has 1 aliphatic rings. The van der Waals surface area contributed by atoms with E-state index < -0.39 is 0 Å². The zero-order valence-electron chi connectivity index (χ0n) is 10.6. The molecule has 2 nitrogen and oxygen atoms in total. The van der Waals surface area contributed by atoms with Gasteiger partial charge in [-0.15, -0.1) is 0 Å². The van der Waals surface area contributed by atoms with Crippen LogP contribution in [0, 0.1) is 0 Å². The lowest BCUT2D eigenvalue weighted by Crippen LogP contribution is -2.39. The maximum atomic E-state index is 3.48. The van der Waals surface area contributed by atoms with Crippen LogP contribution in [0.3, 0.4) is 0 Å². The fraction of sp³-hybridized carbons (Fsp3) is 0.571. The summed E-state index contributed by atoms with van der Waals surface area (Å²) in [6.45, 7) is 0. The number of anilines is 1. The van der Waals surface area contributed by atoms with Gasteiger partial charge < -0.3 is 10.2 Å². The first-order chi connectivity index (χ1) is 8.20. The summed E-state index contributed by atoms with van der Waals surface area (Å²) in [6.07, 6.45) is 5.17. The molecule has 1 aliphatic carbocycles. The van der Waals surface area contributed by atoms with Crippen LogP contribution in [-0.2, 0) is 0 Å². The Morgan fingerprint density at radius 2 is 1.71 bits per heavy atom. The summed E-state index contributed by atoms with van der Waals surface area (Å²) in [5.41, 5.74) is 1.32. The molecular formula is C14H21BrN2. The van der Waals surface area contributed by atoms with Gasteiger partial charge in [0.1, 0.15) is 0 Å². The van der Waals surface area contributed by atoms with E-state index in [2.05, 4.69) is 64.5 Å². The minimum Gasteiger partial charge on any atom is -0.372 e. The Kier molecular flexibility index (Phi) is 4.46. The van der Waals surface area contributed by atoms with Crippen LogP contribution in [0.5, 0.6) is 0 Å². The summed E-state index contributed by atoms with van der Waals surface area (Å²) in [4.78, 5) is 2.43. The highest BCUT2D eigenvalue weighted by molar-refractivity contribution is 9.10. The first-order valence-electron chi connectivity index (χ1n) is 6.36. The van der Waals surface area contributed by atoms with Crippen molar-refractivity contribution in [2.45, 2.75) is 37.8 Å². The smallest absolute Gasteiger partial charge is 0.0366 e. The predicted octanol–water partition coefficient (Wildman–Crippen LogP) is 3.42. The summed E-state index contributed by atoms with van der Waals surface area (Å²) in [5, 5.41) is 3.39. The standard InChI is InChI=1S/C14H21BrN2/c1-16-12-5-9-14(10-6-12)17(2)13-7-3-11(15)4-8-13/h3-4,7-8,12,14,16H,5-6,9-10H2,1-2H3. The lowest BCUT2D eigenvalue weighted by molar-refractivity contribution is 0.351. The van der Waals surface area contributed by atoms with Gasteiger partial charge in [-0.1, -0.05) is 15.9 Å². The molecule has 0 aromatic heterocycles. The van der Waals surface area contributed by atoms with Crippen LogP contribution in [0.15, 0.2) is 28.7 Å². The molecule has 2 rings (SSSR count). The Morgan fingerprint density at radius 1 is 1.12 bits per heavy atom. The lowest BCUT2D eigenvalue weighted by Gasteiger charge is -2.36. The highest BCUT2D eigenvalue weighted by atomic mass is 79.9. The van der Waals surface area contributed by atoms with Gasteiger partial charge in [0.25, 0.3) is 0 Å². The first kappa shape index (κ1) is 12.9. The van der Waals surface area contributed by atoms with Crippen molar-refractivity contribution in [3.8, 4) is 0 Å². The van der Waals surface area contributed by atoms with Crippen molar-refractivity contribution >= 4 is 21.6 Å². The molecule has 0 bridgehead atoms. The zero-order chi connectivity index (χ0) is 12.3. The topological polar surface area (TPSA) is 15.3 Å². The molecule has 0 unspecified atom stereocenters. The monoisotopic (exact) mass is 296 g/mol.